The predicted molar refractivity (Wildman–Crippen MR) is 111 cm³/mol. The highest BCUT2D eigenvalue weighted by Gasteiger charge is 2.29. The number of amides is 1. The van der Waals surface area contributed by atoms with E-state index in [2.05, 4.69) is 24.3 Å². The summed E-state index contributed by atoms with van der Waals surface area (Å²) in [4.78, 5) is 25.5. The number of carbonyl (C=O) groups excluding carboxylic acids is 1. The van der Waals surface area contributed by atoms with Gasteiger partial charge in [-0.05, 0) is 47.4 Å². The monoisotopic (exact) mass is 387 g/mol. The summed E-state index contributed by atoms with van der Waals surface area (Å²) in [6.07, 6.45) is -0.489. The van der Waals surface area contributed by atoms with Gasteiger partial charge < -0.3 is 9.84 Å². The van der Waals surface area contributed by atoms with E-state index in [-0.39, 0.29) is 18.1 Å². The molecule has 0 fully saturated rings. The molecular formula is C24H21NO4. The molecule has 1 N–H and O–H groups in total. The third-order valence-corrected chi connectivity index (χ3v) is 5.28. The molecule has 146 valence electrons. The van der Waals surface area contributed by atoms with Crippen molar-refractivity contribution in [3.63, 3.8) is 0 Å². The fourth-order valence-electron chi connectivity index (χ4n) is 3.90. The van der Waals surface area contributed by atoms with Gasteiger partial charge in [-0.2, -0.15) is 0 Å². The van der Waals surface area contributed by atoms with Gasteiger partial charge in [0.25, 0.3) is 0 Å². The normalized spacial score (nSPS) is 12.2. The number of carboxylic acid groups (broad SMARTS) is 1. The van der Waals surface area contributed by atoms with Crippen LogP contribution in [0, 0.1) is 0 Å². The maximum atomic E-state index is 12.8. The molecule has 1 amide bonds. The molecule has 0 saturated heterocycles. The second-order valence-electron chi connectivity index (χ2n) is 6.90. The number of nitrogens with zero attached hydrogens (tertiary/aromatic N) is 1. The van der Waals surface area contributed by atoms with Crippen molar-refractivity contribution >= 4 is 17.7 Å². The summed E-state index contributed by atoms with van der Waals surface area (Å²) in [5.41, 5.74) is 5.28. The summed E-state index contributed by atoms with van der Waals surface area (Å²) < 4.78 is 5.69. The van der Waals surface area contributed by atoms with Crippen LogP contribution >= 0.6 is 0 Å². The Balaban J connectivity index is 1.55. The number of carboxylic acids is 1. The van der Waals surface area contributed by atoms with Crippen molar-refractivity contribution < 1.29 is 19.4 Å². The topological polar surface area (TPSA) is 66.8 Å². The standard InChI is InChI=1S/C24H21NO4/c1-2-25(17-9-7-8-16(14-17)23(26)27)24(28)29-15-22-20-12-5-3-10-18(20)19-11-4-6-13-21(19)22/h3-14,22H,2,15H2,1H3,(H,26,27). The minimum atomic E-state index is -1.03. The minimum Gasteiger partial charge on any atom is -0.478 e. The van der Waals surface area contributed by atoms with Crippen LogP contribution in [0.2, 0.25) is 0 Å². The fourth-order valence-corrected chi connectivity index (χ4v) is 3.90. The first-order valence-corrected chi connectivity index (χ1v) is 9.56. The molecule has 0 aliphatic heterocycles. The maximum Gasteiger partial charge on any atom is 0.414 e. The average molecular weight is 387 g/mol. The van der Waals surface area contributed by atoms with Crippen molar-refractivity contribution in [2.24, 2.45) is 0 Å². The van der Waals surface area contributed by atoms with Gasteiger partial charge in [0.05, 0.1) is 5.56 Å². The molecule has 1 aliphatic carbocycles. The highest BCUT2D eigenvalue weighted by atomic mass is 16.6. The van der Waals surface area contributed by atoms with Gasteiger partial charge >= 0.3 is 12.1 Å². The lowest BCUT2D eigenvalue weighted by atomic mass is 9.98. The minimum absolute atomic E-state index is 0.0181. The Morgan fingerprint density at radius 2 is 1.55 bits per heavy atom. The maximum absolute atomic E-state index is 12.8. The van der Waals surface area contributed by atoms with Crippen molar-refractivity contribution in [3.8, 4) is 11.1 Å². The van der Waals surface area contributed by atoms with Crippen LogP contribution in [-0.2, 0) is 4.74 Å². The highest BCUT2D eigenvalue weighted by Crippen LogP contribution is 2.44. The molecule has 5 heteroatoms. The molecule has 5 nitrogen and oxygen atoms in total. The Kier molecular flexibility index (Phi) is 5.04. The second kappa shape index (κ2) is 7.80. The van der Waals surface area contributed by atoms with Crippen LogP contribution in [0.4, 0.5) is 10.5 Å². The molecular weight excluding hydrogens is 366 g/mol. The van der Waals surface area contributed by atoms with Gasteiger partial charge in [0, 0.05) is 18.2 Å². The smallest absolute Gasteiger partial charge is 0.414 e. The zero-order valence-corrected chi connectivity index (χ0v) is 16.0. The number of carbonyl (C=O) groups is 2. The highest BCUT2D eigenvalue weighted by molar-refractivity contribution is 5.92. The predicted octanol–water partition coefficient (Wildman–Crippen LogP) is 5.16. The second-order valence-corrected chi connectivity index (χ2v) is 6.90. The average Bonchev–Trinajstić information content (AvgIpc) is 3.07. The van der Waals surface area contributed by atoms with E-state index < -0.39 is 12.1 Å². The van der Waals surface area contributed by atoms with E-state index in [4.69, 9.17) is 4.74 Å². The number of hydrogen-bond donors (Lipinski definition) is 1. The van der Waals surface area contributed by atoms with Gasteiger partial charge in [-0.1, -0.05) is 54.6 Å². The Labute approximate surface area is 169 Å². The summed E-state index contributed by atoms with van der Waals surface area (Å²) in [5.74, 6) is -1.05. The van der Waals surface area contributed by atoms with Crippen LogP contribution in [0.25, 0.3) is 11.1 Å². The molecule has 0 aromatic heterocycles. The van der Waals surface area contributed by atoms with Gasteiger partial charge in [-0.3, -0.25) is 4.90 Å². The van der Waals surface area contributed by atoms with Crippen molar-refractivity contribution in [2.45, 2.75) is 12.8 Å². The largest absolute Gasteiger partial charge is 0.478 e. The number of ether oxygens (including phenoxy) is 1. The first-order chi connectivity index (χ1) is 14.1. The first kappa shape index (κ1) is 18.7. The van der Waals surface area contributed by atoms with Crippen molar-refractivity contribution in [1.29, 1.82) is 0 Å². The van der Waals surface area contributed by atoms with Gasteiger partial charge in [-0.15, -0.1) is 0 Å². The van der Waals surface area contributed by atoms with Crippen LogP contribution in [0.1, 0.15) is 34.3 Å². The molecule has 1 aliphatic rings. The molecule has 3 aromatic rings. The quantitative estimate of drug-likeness (QED) is 0.657. The zero-order valence-electron chi connectivity index (χ0n) is 16.0. The van der Waals surface area contributed by atoms with Gasteiger partial charge in [0.1, 0.15) is 6.61 Å². The number of anilines is 1. The Hall–Kier alpha value is -3.60. The molecule has 0 heterocycles. The Morgan fingerprint density at radius 1 is 0.931 bits per heavy atom. The van der Waals surface area contributed by atoms with Crippen molar-refractivity contribution in [3.05, 3.63) is 89.5 Å². The van der Waals surface area contributed by atoms with E-state index in [1.165, 1.54) is 28.2 Å². The number of hydrogen-bond acceptors (Lipinski definition) is 3. The van der Waals surface area contributed by atoms with Crippen LogP contribution in [0.5, 0.6) is 0 Å². The lowest BCUT2D eigenvalue weighted by molar-refractivity contribution is 0.0696. The van der Waals surface area contributed by atoms with E-state index in [1.807, 2.05) is 31.2 Å². The fraction of sp³-hybridized carbons (Fsp3) is 0.167. The number of aromatic carboxylic acids is 1. The van der Waals surface area contributed by atoms with Crippen LogP contribution < -0.4 is 4.90 Å². The lowest BCUT2D eigenvalue weighted by Crippen LogP contribution is -2.32. The molecule has 0 spiro atoms. The van der Waals surface area contributed by atoms with E-state index >= 15 is 0 Å². The molecule has 0 unspecified atom stereocenters. The van der Waals surface area contributed by atoms with Crippen molar-refractivity contribution in [1.82, 2.24) is 0 Å². The number of rotatable bonds is 5. The molecule has 29 heavy (non-hydrogen) atoms. The number of fused-ring (bicyclic) bond motifs is 3. The summed E-state index contributed by atoms with van der Waals surface area (Å²) in [6.45, 7) is 2.43. The van der Waals surface area contributed by atoms with E-state index in [0.717, 1.165) is 11.1 Å². The van der Waals surface area contributed by atoms with E-state index in [1.54, 1.807) is 12.1 Å². The SMILES string of the molecule is CCN(C(=O)OCC1c2ccccc2-c2ccccc21)c1cccc(C(=O)O)c1. The first-order valence-electron chi connectivity index (χ1n) is 9.56. The molecule has 0 saturated carbocycles. The third-order valence-electron chi connectivity index (χ3n) is 5.28. The van der Waals surface area contributed by atoms with Crippen LogP contribution in [-0.4, -0.2) is 30.3 Å². The summed E-state index contributed by atoms with van der Waals surface area (Å²) in [7, 11) is 0. The van der Waals surface area contributed by atoms with Gasteiger partial charge in [0.15, 0.2) is 0 Å². The van der Waals surface area contributed by atoms with Crippen LogP contribution in [0.15, 0.2) is 72.8 Å². The van der Waals surface area contributed by atoms with Gasteiger partial charge in [-0.25, -0.2) is 9.59 Å². The third kappa shape index (κ3) is 3.47. The molecule has 0 radical (unpaired) electrons. The van der Waals surface area contributed by atoms with Crippen LogP contribution in [0.3, 0.4) is 0 Å². The number of benzene rings is 3. The molecule has 0 atom stereocenters. The molecule has 3 aromatic carbocycles. The Morgan fingerprint density at radius 3 is 2.14 bits per heavy atom. The summed E-state index contributed by atoms with van der Waals surface area (Å²) in [5, 5.41) is 9.20. The summed E-state index contributed by atoms with van der Waals surface area (Å²) >= 11 is 0. The Bertz CT molecular complexity index is 1030. The molecule has 4 rings (SSSR count). The van der Waals surface area contributed by atoms with E-state index in [9.17, 15) is 14.7 Å². The lowest BCUT2D eigenvalue weighted by Gasteiger charge is -2.22. The summed E-state index contributed by atoms with van der Waals surface area (Å²) in [6, 6.07) is 22.6. The molecule has 0 bridgehead atoms. The zero-order chi connectivity index (χ0) is 20.4. The van der Waals surface area contributed by atoms with Crippen molar-refractivity contribution in [2.75, 3.05) is 18.1 Å². The van der Waals surface area contributed by atoms with Gasteiger partial charge in [0.2, 0.25) is 0 Å². The van der Waals surface area contributed by atoms with E-state index in [0.29, 0.717) is 12.2 Å².